The van der Waals surface area contributed by atoms with E-state index in [0.717, 1.165) is 44.0 Å². The zero-order valence-electron chi connectivity index (χ0n) is 4.59. The molecule has 0 saturated carbocycles. The van der Waals surface area contributed by atoms with Gasteiger partial charge in [-0.05, 0) is 0 Å². The minimum absolute atomic E-state index is 0.829. The summed E-state index contributed by atoms with van der Waals surface area (Å²) in [6, 6.07) is 0. The molecule has 0 unspecified atom stereocenters. The second-order valence-corrected chi connectivity index (χ2v) is 11.6. The molecule has 0 N–H and O–H groups in total. The van der Waals surface area contributed by atoms with E-state index in [1.807, 2.05) is 2.21 Å². The summed E-state index contributed by atoms with van der Waals surface area (Å²) in [5, 5.41) is 1.41. The first kappa shape index (κ1) is 7.28. The Morgan fingerprint density at radius 2 is 2.75 bits per heavy atom. The topological polar surface area (TPSA) is 0 Å². The quantitative estimate of drug-likeness (QED) is 0.667. The van der Waals surface area contributed by atoms with Crippen molar-refractivity contribution >= 4 is 46.2 Å². The van der Waals surface area contributed by atoms with Gasteiger partial charge in [0.05, 0.1) is 0 Å². The molecule has 1 aromatic rings. The molecule has 0 aliphatic carbocycles. The predicted octanol–water partition coefficient (Wildman–Crippen LogP) is -0.151. The van der Waals surface area contributed by atoms with Crippen LogP contribution in [-0.2, 0) is 0 Å². The van der Waals surface area contributed by atoms with Crippen molar-refractivity contribution in [2.75, 3.05) is 0 Å². The Morgan fingerprint density at radius 3 is 3.25 bits per heavy atom. The van der Waals surface area contributed by atoms with E-state index in [4.69, 9.17) is 0 Å². The third kappa shape index (κ3) is 2.19. The fourth-order valence-electron chi connectivity index (χ4n) is 0.380. The molecule has 0 spiro atoms. The van der Waals surface area contributed by atoms with Gasteiger partial charge in [-0.2, -0.15) is 0 Å². The van der Waals surface area contributed by atoms with Gasteiger partial charge in [0.1, 0.15) is 0 Å². The van der Waals surface area contributed by atoms with Gasteiger partial charge in [0.25, 0.3) is 0 Å². The number of hydrogen-bond donors (Lipinski definition) is 0. The van der Waals surface area contributed by atoms with Crippen LogP contribution in [0.2, 0.25) is 5.32 Å². The maximum atomic E-state index is 2.37. The van der Waals surface area contributed by atoms with Gasteiger partial charge in [-0.15, -0.1) is 0 Å². The summed E-state index contributed by atoms with van der Waals surface area (Å²) in [6.07, 6.45) is 0. The van der Waals surface area contributed by atoms with Gasteiger partial charge in [0, 0.05) is 0 Å². The third-order valence-electron chi connectivity index (χ3n) is 0.646. The first-order chi connectivity index (χ1) is 3.93. The van der Waals surface area contributed by atoms with Crippen LogP contribution >= 0.6 is 0 Å². The molecule has 0 aliphatic rings. The average molecular weight is 304 g/mol. The molecule has 0 aromatic carbocycles. The Balaban J connectivity index is 2.50. The van der Waals surface area contributed by atoms with Gasteiger partial charge in [0.15, 0.2) is 0 Å². The van der Waals surface area contributed by atoms with Crippen molar-refractivity contribution in [2.24, 2.45) is 0 Å². The second-order valence-electron chi connectivity index (χ2n) is 1.19. The third-order valence-corrected chi connectivity index (χ3v) is 11.3. The summed E-state index contributed by atoms with van der Waals surface area (Å²) >= 11 is 2.56. The second kappa shape index (κ2) is 4.06. The van der Waals surface area contributed by atoms with E-state index < -0.39 is 0 Å². The monoisotopic (exact) mass is 307 g/mol. The Kier molecular flexibility index (Phi) is 3.69. The zero-order valence-corrected chi connectivity index (χ0v) is 9.73. The van der Waals surface area contributed by atoms with Crippen LogP contribution in [0.1, 0.15) is 6.92 Å². The van der Waals surface area contributed by atoms with E-state index >= 15 is 0 Å². The van der Waals surface area contributed by atoms with Crippen molar-refractivity contribution in [3.8, 4) is 0 Å². The van der Waals surface area contributed by atoms with Gasteiger partial charge < -0.3 is 0 Å². The molecule has 1 aromatic heterocycles. The molecule has 8 heavy (non-hydrogen) atoms. The molecule has 1 heterocycles. The van der Waals surface area contributed by atoms with Gasteiger partial charge in [0.2, 0.25) is 0 Å². The number of rotatable bonds is 2. The first-order valence-corrected chi connectivity index (χ1v) is 8.17. The molecule has 3 heteroatoms. The normalized spacial score (nSPS) is 9.62. The standard InChI is InChI=1S/C5H7Se3/c1-2-6-5-7-3-4-8-5/h3-4H,2H2,1H3/q+1. The molecule has 1 rings (SSSR count). The van der Waals surface area contributed by atoms with Gasteiger partial charge in [-0.1, -0.05) is 0 Å². The SMILES string of the molecule is CC[Se]c1[se]cc[se+]1. The molecule has 0 aliphatic heterocycles. The summed E-state index contributed by atoms with van der Waals surface area (Å²) in [5.41, 5.74) is 0. The van der Waals surface area contributed by atoms with Gasteiger partial charge >= 0.3 is 68.3 Å². The molecule has 0 nitrogen and oxygen atoms in total. The fourth-order valence-corrected chi connectivity index (χ4v) is 10.3. The van der Waals surface area contributed by atoms with Gasteiger partial charge in [-0.25, -0.2) is 0 Å². The maximum absolute atomic E-state index is 2.37. The zero-order chi connectivity index (χ0) is 5.82. The average Bonchev–Trinajstić information content (AvgIpc) is 2.19. The number of hydrogen-bond acceptors (Lipinski definition) is 0. The molecule has 0 amide bonds. The van der Waals surface area contributed by atoms with Crippen LogP contribution in [0, 0.1) is 0 Å². The van der Waals surface area contributed by atoms with Crippen LogP contribution < -0.4 is 2.21 Å². The van der Waals surface area contributed by atoms with E-state index in [2.05, 4.69) is 16.8 Å². The Morgan fingerprint density at radius 1 is 1.88 bits per heavy atom. The summed E-state index contributed by atoms with van der Waals surface area (Å²) in [7, 11) is 0. The summed E-state index contributed by atoms with van der Waals surface area (Å²) in [6.45, 7) is 2.29. The van der Waals surface area contributed by atoms with Crippen molar-refractivity contribution in [3.63, 3.8) is 0 Å². The van der Waals surface area contributed by atoms with Crippen LogP contribution in [0.25, 0.3) is 0 Å². The van der Waals surface area contributed by atoms with E-state index in [-0.39, 0.29) is 0 Å². The van der Waals surface area contributed by atoms with E-state index in [1.165, 1.54) is 5.32 Å². The Bertz CT molecular complexity index is 133. The first-order valence-electron chi connectivity index (χ1n) is 2.41. The Labute approximate surface area is 68.0 Å². The molecule has 0 atom stereocenters. The molecule has 0 radical (unpaired) electrons. The molecule has 44 valence electrons. The van der Waals surface area contributed by atoms with Crippen molar-refractivity contribution in [3.05, 3.63) is 9.88 Å². The summed E-state index contributed by atoms with van der Waals surface area (Å²) in [4.78, 5) is 4.75. The Hall–Kier alpha value is 1.17. The van der Waals surface area contributed by atoms with E-state index in [1.54, 1.807) is 0 Å². The molecule has 0 saturated heterocycles. The van der Waals surface area contributed by atoms with Crippen molar-refractivity contribution in [1.82, 2.24) is 0 Å². The summed E-state index contributed by atoms with van der Waals surface area (Å²) in [5.74, 6) is 0. The molecular weight excluding hydrogens is 297 g/mol. The van der Waals surface area contributed by atoms with Crippen LogP contribution in [0.4, 0.5) is 0 Å². The van der Waals surface area contributed by atoms with Crippen LogP contribution in [0.3, 0.4) is 0 Å². The van der Waals surface area contributed by atoms with Crippen molar-refractivity contribution < 1.29 is 0 Å². The molecular formula is C5H7Se3+. The predicted molar refractivity (Wildman–Crippen MR) is 40.6 cm³/mol. The van der Waals surface area contributed by atoms with Crippen molar-refractivity contribution in [1.29, 1.82) is 0 Å². The minimum atomic E-state index is 0.829. The summed E-state index contributed by atoms with van der Waals surface area (Å²) < 4.78 is 1.90. The van der Waals surface area contributed by atoms with Crippen LogP contribution in [0.5, 0.6) is 0 Å². The van der Waals surface area contributed by atoms with E-state index in [9.17, 15) is 0 Å². The van der Waals surface area contributed by atoms with Crippen LogP contribution in [0.15, 0.2) is 9.88 Å². The molecule has 0 bridgehead atoms. The fraction of sp³-hybridized carbons (Fsp3) is 0.400. The van der Waals surface area contributed by atoms with Crippen LogP contribution in [-0.4, -0.2) is 44.0 Å². The van der Waals surface area contributed by atoms with Gasteiger partial charge in [-0.3, -0.25) is 0 Å². The molecule has 0 fully saturated rings. The van der Waals surface area contributed by atoms with Crippen molar-refractivity contribution in [2.45, 2.75) is 12.2 Å². The van der Waals surface area contributed by atoms with E-state index in [0.29, 0.717) is 0 Å².